The summed E-state index contributed by atoms with van der Waals surface area (Å²) in [6.45, 7) is 4.42. The highest BCUT2D eigenvalue weighted by Gasteiger charge is 2.27. The van der Waals surface area contributed by atoms with Crippen LogP contribution in [-0.2, 0) is 13.0 Å². The summed E-state index contributed by atoms with van der Waals surface area (Å²) in [6, 6.07) is 3.65. The summed E-state index contributed by atoms with van der Waals surface area (Å²) in [5.41, 5.74) is 10.8. The average molecular weight is 329 g/mol. The molecule has 5 N–H and O–H groups in total. The van der Waals surface area contributed by atoms with Gasteiger partial charge in [0, 0.05) is 12.1 Å². The van der Waals surface area contributed by atoms with E-state index < -0.39 is 6.09 Å². The van der Waals surface area contributed by atoms with Gasteiger partial charge in [0.2, 0.25) is 0 Å². The highest BCUT2D eigenvalue weighted by Crippen LogP contribution is 2.25. The van der Waals surface area contributed by atoms with Crippen LogP contribution in [0.2, 0.25) is 0 Å². The standard InChI is InChI=1S/C16H19N5O3/c1-8-5-11(17)12(6-9(8)2)18-15(22)14-10-3-4-21(16(23)24)7-13(10)19-20-14/h5-6H,3-4,7,17H2,1-2H3,(H,18,22)(H,19,20)(H,23,24). The van der Waals surface area contributed by atoms with Crippen LogP contribution in [0.1, 0.15) is 32.9 Å². The van der Waals surface area contributed by atoms with Crippen LogP contribution in [0.15, 0.2) is 12.1 Å². The smallest absolute Gasteiger partial charge is 0.407 e. The highest BCUT2D eigenvalue weighted by atomic mass is 16.4. The van der Waals surface area contributed by atoms with E-state index in [-0.39, 0.29) is 12.5 Å². The molecular formula is C16H19N5O3. The van der Waals surface area contributed by atoms with Crippen molar-refractivity contribution in [2.45, 2.75) is 26.8 Å². The largest absolute Gasteiger partial charge is 0.465 e. The van der Waals surface area contributed by atoms with Crippen LogP contribution in [-0.4, -0.2) is 38.7 Å². The molecule has 2 heterocycles. The fraction of sp³-hybridized carbons (Fsp3) is 0.312. The summed E-state index contributed by atoms with van der Waals surface area (Å²) >= 11 is 0. The van der Waals surface area contributed by atoms with Crippen molar-refractivity contribution in [1.29, 1.82) is 0 Å². The number of amides is 2. The van der Waals surface area contributed by atoms with E-state index in [1.165, 1.54) is 4.90 Å². The SMILES string of the molecule is Cc1cc(N)c(NC(=O)c2[nH]nc3c2CCN(C(=O)O)C3)cc1C. The molecule has 0 fully saturated rings. The van der Waals surface area contributed by atoms with Crippen molar-refractivity contribution in [1.82, 2.24) is 15.1 Å². The van der Waals surface area contributed by atoms with E-state index >= 15 is 0 Å². The number of nitrogen functional groups attached to an aromatic ring is 1. The summed E-state index contributed by atoms with van der Waals surface area (Å²) in [5.74, 6) is -0.331. The summed E-state index contributed by atoms with van der Waals surface area (Å²) in [6.07, 6.45) is -0.541. The number of aromatic nitrogens is 2. The van der Waals surface area contributed by atoms with Gasteiger partial charge in [-0.2, -0.15) is 5.10 Å². The molecule has 8 heteroatoms. The number of rotatable bonds is 2. The van der Waals surface area contributed by atoms with Gasteiger partial charge in [-0.3, -0.25) is 9.89 Å². The van der Waals surface area contributed by atoms with Crippen LogP contribution in [0.25, 0.3) is 0 Å². The molecule has 2 aromatic rings. The molecule has 0 atom stereocenters. The molecule has 3 rings (SSSR count). The first kappa shape index (κ1) is 15.9. The average Bonchev–Trinajstić information content (AvgIpc) is 2.95. The summed E-state index contributed by atoms with van der Waals surface area (Å²) in [7, 11) is 0. The molecule has 24 heavy (non-hydrogen) atoms. The number of hydrogen-bond donors (Lipinski definition) is 4. The second kappa shape index (κ2) is 5.88. The van der Waals surface area contributed by atoms with Gasteiger partial charge in [-0.1, -0.05) is 0 Å². The Bertz CT molecular complexity index is 827. The molecule has 0 saturated heterocycles. The lowest BCUT2D eigenvalue weighted by atomic mass is 10.0. The Hall–Kier alpha value is -3.03. The molecule has 0 bridgehead atoms. The molecule has 1 aromatic carbocycles. The second-order valence-corrected chi connectivity index (χ2v) is 5.96. The quantitative estimate of drug-likeness (QED) is 0.626. The third kappa shape index (κ3) is 2.78. The highest BCUT2D eigenvalue weighted by molar-refractivity contribution is 6.05. The molecule has 0 aliphatic carbocycles. The Morgan fingerprint density at radius 3 is 2.75 bits per heavy atom. The Morgan fingerprint density at radius 1 is 1.33 bits per heavy atom. The Kier molecular flexibility index (Phi) is 3.88. The van der Waals surface area contributed by atoms with Crippen LogP contribution < -0.4 is 11.1 Å². The van der Waals surface area contributed by atoms with Crippen molar-refractivity contribution >= 4 is 23.4 Å². The first-order valence-corrected chi connectivity index (χ1v) is 7.59. The zero-order chi connectivity index (χ0) is 17.4. The van der Waals surface area contributed by atoms with Crippen LogP contribution in [0.3, 0.4) is 0 Å². The van der Waals surface area contributed by atoms with Gasteiger partial charge in [0.1, 0.15) is 5.69 Å². The number of benzene rings is 1. The number of aryl methyl sites for hydroxylation is 2. The molecule has 126 valence electrons. The van der Waals surface area contributed by atoms with Crippen molar-refractivity contribution in [3.05, 3.63) is 40.2 Å². The van der Waals surface area contributed by atoms with Gasteiger partial charge >= 0.3 is 6.09 Å². The normalized spacial score (nSPS) is 13.5. The first-order valence-electron chi connectivity index (χ1n) is 7.59. The van der Waals surface area contributed by atoms with E-state index in [1.54, 1.807) is 0 Å². The van der Waals surface area contributed by atoms with E-state index in [1.807, 2.05) is 26.0 Å². The monoisotopic (exact) mass is 329 g/mol. The maximum absolute atomic E-state index is 12.5. The molecule has 1 aromatic heterocycles. The third-order valence-corrected chi connectivity index (χ3v) is 4.34. The van der Waals surface area contributed by atoms with E-state index in [9.17, 15) is 9.59 Å². The van der Waals surface area contributed by atoms with Crippen molar-refractivity contribution in [3.63, 3.8) is 0 Å². The Morgan fingerprint density at radius 2 is 2.04 bits per heavy atom. The molecule has 2 amide bonds. The topological polar surface area (TPSA) is 124 Å². The van der Waals surface area contributed by atoms with Crippen LogP contribution in [0.4, 0.5) is 16.2 Å². The first-order chi connectivity index (χ1) is 11.4. The summed E-state index contributed by atoms with van der Waals surface area (Å²) in [5, 5.41) is 18.7. The zero-order valence-corrected chi connectivity index (χ0v) is 13.5. The fourth-order valence-corrected chi connectivity index (χ4v) is 2.79. The number of hydrogen-bond acceptors (Lipinski definition) is 4. The third-order valence-electron chi connectivity index (χ3n) is 4.34. The molecule has 0 unspecified atom stereocenters. The minimum absolute atomic E-state index is 0.181. The minimum Gasteiger partial charge on any atom is -0.465 e. The van der Waals surface area contributed by atoms with E-state index in [2.05, 4.69) is 15.5 Å². The fourth-order valence-electron chi connectivity index (χ4n) is 2.79. The molecule has 8 nitrogen and oxygen atoms in total. The number of nitrogens with two attached hydrogens (primary N) is 1. The van der Waals surface area contributed by atoms with Crippen LogP contribution in [0.5, 0.6) is 0 Å². The predicted octanol–water partition coefficient (Wildman–Crippen LogP) is 1.90. The van der Waals surface area contributed by atoms with Crippen molar-refractivity contribution < 1.29 is 14.7 Å². The summed E-state index contributed by atoms with van der Waals surface area (Å²) in [4.78, 5) is 24.9. The molecular weight excluding hydrogens is 310 g/mol. The number of carboxylic acid groups (broad SMARTS) is 1. The maximum atomic E-state index is 12.5. The van der Waals surface area contributed by atoms with Gasteiger partial charge in [0.25, 0.3) is 5.91 Å². The second-order valence-electron chi connectivity index (χ2n) is 5.96. The van der Waals surface area contributed by atoms with Crippen molar-refractivity contribution in [3.8, 4) is 0 Å². The van der Waals surface area contributed by atoms with Gasteiger partial charge in [-0.05, 0) is 43.5 Å². The zero-order valence-electron chi connectivity index (χ0n) is 13.5. The van der Waals surface area contributed by atoms with Gasteiger partial charge in [0.05, 0.1) is 23.6 Å². The van der Waals surface area contributed by atoms with Crippen molar-refractivity contribution in [2.24, 2.45) is 0 Å². The van der Waals surface area contributed by atoms with Gasteiger partial charge in [-0.25, -0.2) is 4.79 Å². The molecule has 0 saturated carbocycles. The molecule has 0 spiro atoms. The number of carbonyl (C=O) groups excluding carboxylic acids is 1. The molecule has 1 aliphatic rings. The Balaban J connectivity index is 1.83. The number of carbonyl (C=O) groups is 2. The lowest BCUT2D eigenvalue weighted by Gasteiger charge is -2.23. The van der Waals surface area contributed by atoms with Crippen molar-refractivity contribution in [2.75, 3.05) is 17.6 Å². The number of fused-ring (bicyclic) bond motifs is 1. The number of H-pyrrole nitrogens is 1. The molecule has 1 aliphatic heterocycles. The number of anilines is 2. The lowest BCUT2D eigenvalue weighted by Crippen LogP contribution is -2.35. The van der Waals surface area contributed by atoms with Crippen LogP contribution >= 0.6 is 0 Å². The lowest BCUT2D eigenvalue weighted by molar-refractivity contribution is 0.102. The van der Waals surface area contributed by atoms with Crippen LogP contribution in [0, 0.1) is 13.8 Å². The van der Waals surface area contributed by atoms with Gasteiger partial charge < -0.3 is 21.1 Å². The van der Waals surface area contributed by atoms with E-state index in [4.69, 9.17) is 10.8 Å². The van der Waals surface area contributed by atoms with E-state index in [0.717, 1.165) is 16.7 Å². The van der Waals surface area contributed by atoms with Gasteiger partial charge in [0.15, 0.2) is 0 Å². The van der Waals surface area contributed by atoms with Gasteiger partial charge in [-0.15, -0.1) is 0 Å². The number of nitrogens with zero attached hydrogens (tertiary/aromatic N) is 2. The Labute approximate surface area is 138 Å². The molecule has 0 radical (unpaired) electrons. The van der Waals surface area contributed by atoms with E-state index in [0.29, 0.717) is 35.7 Å². The number of aromatic amines is 1. The predicted molar refractivity (Wildman–Crippen MR) is 89.0 cm³/mol. The summed E-state index contributed by atoms with van der Waals surface area (Å²) < 4.78 is 0. The number of nitrogens with one attached hydrogen (secondary N) is 2. The maximum Gasteiger partial charge on any atom is 0.407 e. The minimum atomic E-state index is -0.988.